The van der Waals surface area contributed by atoms with Gasteiger partial charge < -0.3 is 5.32 Å². The molecule has 0 aliphatic heterocycles. The number of carbonyl (C=O) groups is 2. The van der Waals surface area contributed by atoms with Crippen LogP contribution in [-0.4, -0.2) is 23.9 Å². The lowest BCUT2D eigenvalue weighted by molar-refractivity contribution is -0.117. The van der Waals surface area contributed by atoms with Gasteiger partial charge in [-0.2, -0.15) is 0 Å². The molecule has 0 aromatic rings. The first-order chi connectivity index (χ1) is 7.22. The fraction of sp³-hybridized carbons (Fsp3) is 0.800. The SMILES string of the molecule is O=C(CCl)NC(=O)NC1CCCCCC1. The predicted molar refractivity (Wildman–Crippen MR) is 58.9 cm³/mol. The molecule has 0 unspecified atom stereocenters. The lowest BCUT2D eigenvalue weighted by Crippen LogP contribution is -2.44. The summed E-state index contributed by atoms with van der Waals surface area (Å²) in [4.78, 5) is 22.1. The summed E-state index contributed by atoms with van der Waals surface area (Å²) in [6, 6.07) is -0.219. The average Bonchev–Trinajstić information content (AvgIpc) is 2.46. The van der Waals surface area contributed by atoms with Crippen LogP contribution >= 0.6 is 11.6 Å². The van der Waals surface area contributed by atoms with E-state index in [2.05, 4.69) is 10.6 Å². The second-order valence-corrected chi connectivity index (χ2v) is 4.11. The van der Waals surface area contributed by atoms with E-state index in [0.29, 0.717) is 0 Å². The Hall–Kier alpha value is -0.770. The third-order valence-electron chi connectivity index (χ3n) is 2.56. The van der Waals surface area contributed by atoms with Gasteiger partial charge in [-0.15, -0.1) is 11.6 Å². The van der Waals surface area contributed by atoms with E-state index in [4.69, 9.17) is 11.6 Å². The zero-order chi connectivity index (χ0) is 11.1. The van der Waals surface area contributed by atoms with Crippen LogP contribution in [0.1, 0.15) is 38.5 Å². The van der Waals surface area contributed by atoms with Crippen LogP contribution in [0.15, 0.2) is 0 Å². The van der Waals surface area contributed by atoms with Crippen LogP contribution in [0, 0.1) is 0 Å². The van der Waals surface area contributed by atoms with E-state index in [9.17, 15) is 9.59 Å². The van der Waals surface area contributed by atoms with E-state index in [-0.39, 0.29) is 11.9 Å². The molecule has 0 aromatic carbocycles. The van der Waals surface area contributed by atoms with Gasteiger partial charge in [0, 0.05) is 6.04 Å². The Kier molecular flexibility index (Phi) is 5.47. The summed E-state index contributed by atoms with van der Waals surface area (Å²) >= 11 is 5.27. The standard InChI is InChI=1S/C10H17ClN2O2/c11-7-9(14)13-10(15)12-8-5-3-1-2-4-6-8/h8H,1-7H2,(H2,12,13,14,15). The molecule has 5 heteroatoms. The number of nitrogens with one attached hydrogen (secondary N) is 2. The largest absolute Gasteiger partial charge is 0.335 e. The molecule has 0 spiro atoms. The number of amides is 3. The molecule has 1 rings (SSSR count). The van der Waals surface area contributed by atoms with Crippen molar-refractivity contribution in [3.05, 3.63) is 0 Å². The molecule has 3 amide bonds. The molecule has 0 heterocycles. The molecule has 2 N–H and O–H groups in total. The molecule has 0 bridgehead atoms. The summed E-state index contributed by atoms with van der Waals surface area (Å²) in [5.41, 5.74) is 0. The van der Waals surface area contributed by atoms with Crippen LogP contribution < -0.4 is 10.6 Å². The van der Waals surface area contributed by atoms with Crippen molar-refractivity contribution in [1.29, 1.82) is 0 Å². The number of hydrogen-bond donors (Lipinski definition) is 2. The Labute approximate surface area is 94.7 Å². The van der Waals surface area contributed by atoms with Gasteiger partial charge in [-0.25, -0.2) is 4.79 Å². The first-order valence-corrected chi connectivity index (χ1v) is 5.92. The van der Waals surface area contributed by atoms with Crippen molar-refractivity contribution in [3.8, 4) is 0 Å². The van der Waals surface area contributed by atoms with Crippen LogP contribution in [0.5, 0.6) is 0 Å². The lowest BCUT2D eigenvalue weighted by Gasteiger charge is -2.15. The molecule has 0 atom stereocenters. The van der Waals surface area contributed by atoms with Crippen molar-refractivity contribution in [1.82, 2.24) is 10.6 Å². The van der Waals surface area contributed by atoms with Crippen molar-refractivity contribution >= 4 is 23.5 Å². The number of alkyl halides is 1. The monoisotopic (exact) mass is 232 g/mol. The molecule has 0 radical (unpaired) electrons. The molecule has 4 nitrogen and oxygen atoms in total. The number of hydrogen-bond acceptors (Lipinski definition) is 2. The maximum Gasteiger partial charge on any atom is 0.321 e. The fourth-order valence-corrected chi connectivity index (χ4v) is 1.87. The molecule has 86 valence electrons. The Morgan fingerprint density at radius 1 is 1.13 bits per heavy atom. The van der Waals surface area contributed by atoms with Gasteiger partial charge in [-0.1, -0.05) is 25.7 Å². The van der Waals surface area contributed by atoms with E-state index >= 15 is 0 Å². The van der Waals surface area contributed by atoms with Crippen molar-refractivity contribution in [3.63, 3.8) is 0 Å². The summed E-state index contributed by atoms with van der Waals surface area (Å²) in [6.07, 6.45) is 6.77. The van der Waals surface area contributed by atoms with E-state index in [1.165, 1.54) is 12.8 Å². The molecule has 1 saturated carbocycles. The Morgan fingerprint density at radius 3 is 2.27 bits per heavy atom. The predicted octanol–water partition coefficient (Wildman–Crippen LogP) is 1.77. The molecule has 0 aromatic heterocycles. The lowest BCUT2D eigenvalue weighted by atomic mass is 10.1. The highest BCUT2D eigenvalue weighted by molar-refractivity contribution is 6.28. The maximum atomic E-state index is 11.3. The second-order valence-electron chi connectivity index (χ2n) is 3.84. The van der Waals surface area contributed by atoms with Crippen LogP contribution in [0.3, 0.4) is 0 Å². The molecule has 1 fully saturated rings. The first kappa shape index (κ1) is 12.3. The average molecular weight is 233 g/mol. The zero-order valence-electron chi connectivity index (χ0n) is 8.72. The third-order valence-corrected chi connectivity index (χ3v) is 2.81. The van der Waals surface area contributed by atoms with Crippen LogP contribution in [0.2, 0.25) is 0 Å². The van der Waals surface area contributed by atoms with E-state index < -0.39 is 11.9 Å². The number of urea groups is 1. The van der Waals surface area contributed by atoms with Crippen LogP contribution in [0.25, 0.3) is 0 Å². The van der Waals surface area contributed by atoms with Crippen molar-refractivity contribution in [2.24, 2.45) is 0 Å². The van der Waals surface area contributed by atoms with Crippen molar-refractivity contribution in [2.45, 2.75) is 44.6 Å². The molecule has 1 aliphatic carbocycles. The quantitative estimate of drug-likeness (QED) is 0.563. The fourth-order valence-electron chi connectivity index (χ4n) is 1.81. The molecular formula is C10H17ClN2O2. The minimum absolute atomic E-state index is 0.182. The highest BCUT2D eigenvalue weighted by atomic mass is 35.5. The van der Waals surface area contributed by atoms with Crippen molar-refractivity contribution in [2.75, 3.05) is 5.88 Å². The van der Waals surface area contributed by atoms with E-state index in [1.54, 1.807) is 0 Å². The smallest absolute Gasteiger partial charge is 0.321 e. The zero-order valence-corrected chi connectivity index (χ0v) is 9.48. The van der Waals surface area contributed by atoms with Crippen LogP contribution in [0.4, 0.5) is 4.79 Å². The second kappa shape index (κ2) is 6.67. The minimum Gasteiger partial charge on any atom is -0.335 e. The van der Waals surface area contributed by atoms with Crippen LogP contribution in [-0.2, 0) is 4.79 Å². The van der Waals surface area contributed by atoms with Gasteiger partial charge in [-0.3, -0.25) is 10.1 Å². The van der Waals surface area contributed by atoms with Gasteiger partial charge in [0.1, 0.15) is 5.88 Å². The molecule has 0 saturated heterocycles. The third kappa shape index (κ3) is 5.02. The Morgan fingerprint density at radius 2 is 1.73 bits per heavy atom. The van der Waals surface area contributed by atoms with Gasteiger partial charge in [0.25, 0.3) is 0 Å². The molecule has 15 heavy (non-hydrogen) atoms. The molecule has 1 aliphatic rings. The van der Waals surface area contributed by atoms with E-state index in [1.807, 2.05) is 0 Å². The number of carbonyl (C=O) groups excluding carboxylic acids is 2. The number of imide groups is 1. The summed E-state index contributed by atoms with van der Waals surface area (Å²) in [5, 5.41) is 4.97. The molecular weight excluding hydrogens is 216 g/mol. The Bertz CT molecular complexity index is 225. The highest BCUT2D eigenvalue weighted by Crippen LogP contribution is 2.16. The van der Waals surface area contributed by atoms with Gasteiger partial charge in [0.05, 0.1) is 0 Å². The number of rotatable bonds is 2. The summed E-state index contributed by atoms with van der Waals surface area (Å²) in [5.74, 6) is -0.638. The Balaban J connectivity index is 2.26. The van der Waals surface area contributed by atoms with E-state index in [0.717, 1.165) is 25.7 Å². The van der Waals surface area contributed by atoms with Gasteiger partial charge in [-0.05, 0) is 12.8 Å². The van der Waals surface area contributed by atoms with Gasteiger partial charge in [0.2, 0.25) is 5.91 Å². The summed E-state index contributed by atoms with van der Waals surface area (Å²) in [7, 11) is 0. The van der Waals surface area contributed by atoms with Crippen molar-refractivity contribution < 1.29 is 9.59 Å². The normalized spacial score (nSPS) is 17.9. The summed E-state index contributed by atoms with van der Waals surface area (Å²) < 4.78 is 0. The van der Waals surface area contributed by atoms with Gasteiger partial charge >= 0.3 is 6.03 Å². The number of halogens is 1. The van der Waals surface area contributed by atoms with Gasteiger partial charge in [0.15, 0.2) is 0 Å². The minimum atomic E-state index is -0.456. The summed E-state index contributed by atoms with van der Waals surface area (Å²) in [6.45, 7) is 0. The first-order valence-electron chi connectivity index (χ1n) is 5.38. The highest BCUT2D eigenvalue weighted by Gasteiger charge is 2.15. The topological polar surface area (TPSA) is 58.2 Å². The maximum absolute atomic E-state index is 11.3.